The Labute approximate surface area is 186 Å². The van der Waals surface area contributed by atoms with Gasteiger partial charge < -0.3 is 5.32 Å². The van der Waals surface area contributed by atoms with Gasteiger partial charge in [-0.15, -0.1) is 0 Å². The van der Waals surface area contributed by atoms with Crippen molar-refractivity contribution < 1.29 is 18.8 Å². The minimum atomic E-state index is -1.42. The van der Waals surface area contributed by atoms with E-state index in [0.717, 1.165) is 11.3 Å². The molecule has 1 spiro atoms. The standard InChI is InChI=1S/C22H16Cl2FN3O3/c23-10-3-5-13(24)16(8-10)28-19(29)17-15-2-1-7-27(15)22(18(17)20(28)30)12-9-11(25)4-6-14(12)26-21(22)31/h3-6,8-9,15,17-18H,1-2,7H2,(H,26,31)/t15-,17+,18-,22+/m0/s1. The van der Waals surface area contributed by atoms with E-state index in [1.807, 2.05) is 4.90 Å². The van der Waals surface area contributed by atoms with Crippen molar-refractivity contribution in [2.45, 2.75) is 24.4 Å². The molecule has 3 saturated heterocycles. The lowest BCUT2D eigenvalue weighted by molar-refractivity contribution is -0.135. The van der Waals surface area contributed by atoms with Gasteiger partial charge in [0.05, 0.1) is 22.5 Å². The smallest absolute Gasteiger partial charge is 0.250 e. The molecule has 3 amide bonds. The van der Waals surface area contributed by atoms with Crippen LogP contribution in [-0.4, -0.2) is 35.2 Å². The molecule has 4 atom stereocenters. The summed E-state index contributed by atoms with van der Waals surface area (Å²) in [5.74, 6) is -3.49. The van der Waals surface area contributed by atoms with Crippen LogP contribution < -0.4 is 10.2 Å². The summed E-state index contributed by atoms with van der Waals surface area (Å²) in [6, 6.07) is 8.36. The van der Waals surface area contributed by atoms with Crippen LogP contribution in [0.25, 0.3) is 0 Å². The van der Waals surface area contributed by atoms with Crippen molar-refractivity contribution in [3.8, 4) is 0 Å². The highest BCUT2D eigenvalue weighted by molar-refractivity contribution is 6.38. The van der Waals surface area contributed by atoms with Gasteiger partial charge in [0.2, 0.25) is 17.7 Å². The molecule has 0 saturated carbocycles. The Balaban J connectivity index is 1.58. The van der Waals surface area contributed by atoms with Crippen molar-refractivity contribution in [3.63, 3.8) is 0 Å². The Morgan fingerprint density at radius 3 is 2.68 bits per heavy atom. The molecule has 4 aliphatic rings. The van der Waals surface area contributed by atoms with Gasteiger partial charge >= 0.3 is 0 Å². The third-order valence-electron chi connectivity index (χ3n) is 7.10. The second-order valence-electron chi connectivity index (χ2n) is 8.42. The highest BCUT2D eigenvalue weighted by Gasteiger charge is 2.74. The van der Waals surface area contributed by atoms with Gasteiger partial charge in [-0.25, -0.2) is 9.29 Å². The molecule has 0 bridgehead atoms. The summed E-state index contributed by atoms with van der Waals surface area (Å²) in [5, 5.41) is 3.36. The van der Waals surface area contributed by atoms with Gasteiger partial charge in [-0.3, -0.25) is 19.3 Å². The third-order valence-corrected chi connectivity index (χ3v) is 7.66. The zero-order valence-corrected chi connectivity index (χ0v) is 17.6. The number of carbonyl (C=O) groups is 3. The number of nitrogens with zero attached hydrogens (tertiary/aromatic N) is 2. The van der Waals surface area contributed by atoms with E-state index in [1.54, 1.807) is 6.07 Å². The number of imide groups is 1. The fraction of sp³-hybridized carbons (Fsp3) is 0.318. The SMILES string of the molecule is O=C1[C@H]2[C@@H](C(=O)N1c1cc(Cl)ccc1Cl)[C@]1(C(=O)Nc3ccc(F)cc31)N1CCC[C@@H]21. The summed E-state index contributed by atoms with van der Waals surface area (Å²) in [5.41, 5.74) is -0.332. The predicted octanol–water partition coefficient (Wildman–Crippen LogP) is 3.56. The molecule has 6 rings (SSSR count). The number of benzene rings is 2. The van der Waals surface area contributed by atoms with Crippen molar-refractivity contribution in [1.29, 1.82) is 0 Å². The van der Waals surface area contributed by atoms with Gasteiger partial charge in [0.1, 0.15) is 11.4 Å². The van der Waals surface area contributed by atoms with Crippen LogP contribution in [-0.2, 0) is 19.9 Å². The zero-order valence-electron chi connectivity index (χ0n) is 16.1. The Kier molecular flexibility index (Phi) is 3.89. The van der Waals surface area contributed by atoms with Crippen molar-refractivity contribution in [2.75, 3.05) is 16.8 Å². The summed E-state index contributed by atoms with van der Waals surface area (Å²) >= 11 is 12.4. The molecule has 0 unspecified atom stereocenters. The lowest BCUT2D eigenvalue weighted by atomic mass is 9.75. The summed E-state index contributed by atoms with van der Waals surface area (Å²) in [6.07, 6.45) is 1.46. The van der Waals surface area contributed by atoms with Gasteiger partial charge in [-0.2, -0.15) is 0 Å². The largest absolute Gasteiger partial charge is 0.324 e. The number of nitrogens with one attached hydrogen (secondary N) is 1. The average Bonchev–Trinajstić information content (AvgIpc) is 3.43. The summed E-state index contributed by atoms with van der Waals surface area (Å²) in [7, 11) is 0. The number of hydrogen-bond donors (Lipinski definition) is 1. The predicted molar refractivity (Wildman–Crippen MR) is 112 cm³/mol. The topological polar surface area (TPSA) is 69.7 Å². The van der Waals surface area contributed by atoms with Crippen molar-refractivity contribution in [1.82, 2.24) is 4.90 Å². The number of rotatable bonds is 1. The van der Waals surface area contributed by atoms with E-state index >= 15 is 0 Å². The van der Waals surface area contributed by atoms with E-state index < -0.39 is 40.9 Å². The van der Waals surface area contributed by atoms with Crippen molar-refractivity contribution >= 4 is 52.3 Å². The maximum absolute atomic E-state index is 14.3. The molecule has 0 radical (unpaired) electrons. The quantitative estimate of drug-likeness (QED) is 0.661. The summed E-state index contributed by atoms with van der Waals surface area (Å²) < 4.78 is 14.3. The molecule has 0 aliphatic carbocycles. The Morgan fingerprint density at radius 2 is 1.87 bits per heavy atom. The number of hydrogen-bond acceptors (Lipinski definition) is 4. The molecule has 3 fully saturated rings. The fourth-order valence-corrected chi connectivity index (χ4v) is 6.44. The molecular weight excluding hydrogens is 444 g/mol. The molecule has 4 heterocycles. The van der Waals surface area contributed by atoms with Gasteiger partial charge in [0, 0.05) is 22.3 Å². The highest BCUT2D eigenvalue weighted by Crippen LogP contribution is 2.61. The first kappa shape index (κ1) is 19.2. The fourth-order valence-electron chi connectivity index (χ4n) is 6.07. The highest BCUT2D eigenvalue weighted by atomic mass is 35.5. The van der Waals surface area contributed by atoms with Crippen LogP contribution in [0.15, 0.2) is 36.4 Å². The van der Waals surface area contributed by atoms with Gasteiger partial charge in [-0.05, 0) is 55.8 Å². The number of anilines is 2. The molecular formula is C22H16Cl2FN3O3. The molecule has 158 valence electrons. The van der Waals surface area contributed by atoms with E-state index in [4.69, 9.17) is 23.2 Å². The van der Waals surface area contributed by atoms with E-state index in [-0.39, 0.29) is 16.8 Å². The van der Waals surface area contributed by atoms with Crippen LogP contribution in [0.3, 0.4) is 0 Å². The number of carbonyl (C=O) groups excluding carboxylic acids is 3. The maximum Gasteiger partial charge on any atom is 0.250 e. The van der Waals surface area contributed by atoms with Gasteiger partial charge in [-0.1, -0.05) is 23.2 Å². The van der Waals surface area contributed by atoms with Crippen LogP contribution in [0, 0.1) is 17.7 Å². The second-order valence-corrected chi connectivity index (χ2v) is 9.27. The Bertz CT molecular complexity index is 1200. The van der Waals surface area contributed by atoms with Gasteiger partial charge in [0.25, 0.3) is 0 Å². The molecule has 31 heavy (non-hydrogen) atoms. The lowest BCUT2D eigenvalue weighted by Gasteiger charge is -2.36. The normalized spacial score (nSPS) is 31.4. The first-order chi connectivity index (χ1) is 14.9. The first-order valence-electron chi connectivity index (χ1n) is 10.1. The summed E-state index contributed by atoms with van der Waals surface area (Å²) in [4.78, 5) is 43.9. The lowest BCUT2D eigenvalue weighted by Crippen LogP contribution is -2.54. The number of amides is 3. The van der Waals surface area contributed by atoms with Crippen molar-refractivity contribution in [3.05, 3.63) is 57.8 Å². The molecule has 4 aliphatic heterocycles. The van der Waals surface area contributed by atoms with E-state index in [1.165, 1.54) is 30.3 Å². The minimum absolute atomic E-state index is 0.205. The van der Waals surface area contributed by atoms with Gasteiger partial charge in [0.15, 0.2) is 0 Å². The molecule has 9 heteroatoms. The summed E-state index contributed by atoms with van der Waals surface area (Å²) in [6.45, 7) is 0.555. The minimum Gasteiger partial charge on any atom is -0.324 e. The van der Waals surface area contributed by atoms with E-state index in [2.05, 4.69) is 5.32 Å². The van der Waals surface area contributed by atoms with Crippen LogP contribution >= 0.6 is 23.2 Å². The molecule has 2 aromatic carbocycles. The van der Waals surface area contributed by atoms with Crippen LogP contribution in [0.5, 0.6) is 0 Å². The number of halogens is 3. The Morgan fingerprint density at radius 1 is 1.06 bits per heavy atom. The monoisotopic (exact) mass is 459 g/mol. The molecule has 0 aromatic heterocycles. The first-order valence-corrected chi connectivity index (χ1v) is 10.8. The average molecular weight is 460 g/mol. The molecule has 1 N–H and O–H groups in total. The van der Waals surface area contributed by atoms with E-state index in [0.29, 0.717) is 29.2 Å². The van der Waals surface area contributed by atoms with Crippen LogP contribution in [0.2, 0.25) is 10.0 Å². The third kappa shape index (κ3) is 2.24. The Hall–Kier alpha value is -2.48. The maximum atomic E-state index is 14.3. The van der Waals surface area contributed by atoms with Crippen molar-refractivity contribution in [2.24, 2.45) is 11.8 Å². The van der Waals surface area contributed by atoms with E-state index in [9.17, 15) is 18.8 Å². The van der Waals surface area contributed by atoms with Crippen LogP contribution in [0.1, 0.15) is 18.4 Å². The molecule has 6 nitrogen and oxygen atoms in total. The zero-order chi connectivity index (χ0) is 21.7. The second kappa shape index (κ2) is 6.28. The number of fused-ring (bicyclic) bond motifs is 7. The van der Waals surface area contributed by atoms with Crippen LogP contribution in [0.4, 0.5) is 15.8 Å². The molecule has 2 aromatic rings.